The Bertz CT molecular complexity index is 1840. The Balaban J connectivity index is 1.55. The predicted molar refractivity (Wildman–Crippen MR) is 149 cm³/mol. The molecule has 0 amide bonds. The summed E-state index contributed by atoms with van der Waals surface area (Å²) in [5, 5.41) is 6.95. The fraction of sp³-hybridized carbons (Fsp3) is 0. The number of nitrogens with zero attached hydrogens (tertiary/aromatic N) is 3. The van der Waals surface area contributed by atoms with E-state index in [2.05, 4.69) is 97.1 Å². The van der Waals surface area contributed by atoms with E-state index in [1.54, 1.807) is 0 Å². The maximum absolute atomic E-state index is 5.08. The second kappa shape index (κ2) is 8.40. The van der Waals surface area contributed by atoms with Crippen molar-refractivity contribution in [2.24, 2.45) is 0 Å². The van der Waals surface area contributed by atoms with Crippen LogP contribution in [0.3, 0.4) is 0 Å². The van der Waals surface area contributed by atoms with E-state index < -0.39 is 0 Å². The first kappa shape index (κ1) is 20.5. The van der Waals surface area contributed by atoms with Gasteiger partial charge in [0.05, 0.1) is 0 Å². The van der Waals surface area contributed by atoms with Gasteiger partial charge in [0.1, 0.15) is 0 Å². The van der Waals surface area contributed by atoms with Crippen LogP contribution in [-0.2, 0) is 0 Å². The van der Waals surface area contributed by atoms with Crippen molar-refractivity contribution in [3.63, 3.8) is 0 Å². The second-order valence-electron chi connectivity index (χ2n) is 8.93. The quantitative estimate of drug-likeness (QED) is 0.249. The van der Waals surface area contributed by atoms with Crippen LogP contribution in [0, 0.1) is 0 Å². The van der Waals surface area contributed by atoms with Gasteiger partial charge in [0.15, 0.2) is 17.5 Å². The number of rotatable bonds is 3. The van der Waals surface area contributed by atoms with Gasteiger partial charge in [0.2, 0.25) is 0 Å². The average molecular weight is 460 g/mol. The van der Waals surface area contributed by atoms with Crippen LogP contribution >= 0.6 is 0 Å². The molecule has 0 unspecified atom stereocenters. The normalized spacial score (nSPS) is 11.3. The second-order valence-corrected chi connectivity index (χ2v) is 8.93. The van der Waals surface area contributed by atoms with Gasteiger partial charge in [-0.05, 0) is 44.5 Å². The van der Waals surface area contributed by atoms with Crippen molar-refractivity contribution in [2.75, 3.05) is 0 Å². The SMILES string of the molecule is c1ccc(-c2nc(-c3ccc4ccccc4c3)nc(-c3c4ccccc4cc4ccccc34)n2)cc1. The van der Waals surface area contributed by atoms with E-state index >= 15 is 0 Å². The van der Waals surface area contributed by atoms with Crippen molar-refractivity contribution < 1.29 is 0 Å². The van der Waals surface area contributed by atoms with Gasteiger partial charge in [0.25, 0.3) is 0 Å². The third-order valence-corrected chi connectivity index (χ3v) is 6.67. The molecule has 0 N–H and O–H groups in total. The summed E-state index contributed by atoms with van der Waals surface area (Å²) in [4.78, 5) is 15.1. The molecular weight excluding hydrogens is 438 g/mol. The van der Waals surface area contributed by atoms with Gasteiger partial charge in [-0.15, -0.1) is 0 Å². The van der Waals surface area contributed by atoms with E-state index in [9.17, 15) is 0 Å². The van der Waals surface area contributed by atoms with Crippen LogP contribution in [0.2, 0.25) is 0 Å². The summed E-state index contributed by atoms with van der Waals surface area (Å²) in [6.45, 7) is 0. The molecular formula is C33H21N3. The van der Waals surface area contributed by atoms with Crippen LogP contribution in [-0.4, -0.2) is 15.0 Å². The summed E-state index contributed by atoms with van der Waals surface area (Å²) < 4.78 is 0. The van der Waals surface area contributed by atoms with Crippen molar-refractivity contribution in [3.8, 4) is 34.2 Å². The third-order valence-electron chi connectivity index (χ3n) is 6.67. The Morgan fingerprint density at radius 2 is 0.861 bits per heavy atom. The molecule has 3 nitrogen and oxygen atoms in total. The lowest BCUT2D eigenvalue weighted by atomic mass is 9.96. The molecule has 7 aromatic rings. The zero-order valence-electron chi connectivity index (χ0n) is 19.5. The van der Waals surface area contributed by atoms with Crippen molar-refractivity contribution >= 4 is 32.3 Å². The lowest BCUT2D eigenvalue weighted by Gasteiger charge is -2.13. The van der Waals surface area contributed by atoms with Gasteiger partial charge in [-0.2, -0.15) is 0 Å². The predicted octanol–water partition coefficient (Wildman–Crippen LogP) is 8.33. The van der Waals surface area contributed by atoms with Crippen molar-refractivity contribution in [1.29, 1.82) is 0 Å². The van der Waals surface area contributed by atoms with E-state index in [1.807, 2.05) is 30.3 Å². The molecule has 0 fully saturated rings. The zero-order chi connectivity index (χ0) is 23.9. The summed E-state index contributed by atoms with van der Waals surface area (Å²) in [6.07, 6.45) is 0. The third kappa shape index (κ3) is 3.50. The minimum Gasteiger partial charge on any atom is -0.208 e. The molecule has 7 rings (SSSR count). The lowest BCUT2D eigenvalue weighted by Crippen LogP contribution is -2.01. The first-order chi connectivity index (χ1) is 17.8. The molecule has 0 aliphatic rings. The molecule has 3 heteroatoms. The average Bonchev–Trinajstić information content (AvgIpc) is 2.96. The van der Waals surface area contributed by atoms with Crippen LogP contribution in [0.4, 0.5) is 0 Å². The molecule has 0 radical (unpaired) electrons. The molecule has 0 bridgehead atoms. The summed E-state index contributed by atoms with van der Waals surface area (Å²) in [6, 6.07) is 44.0. The van der Waals surface area contributed by atoms with E-state index in [0.29, 0.717) is 17.5 Å². The number of benzene rings is 6. The molecule has 168 valence electrons. The fourth-order valence-corrected chi connectivity index (χ4v) is 4.92. The minimum atomic E-state index is 0.667. The topological polar surface area (TPSA) is 38.7 Å². The fourth-order valence-electron chi connectivity index (χ4n) is 4.92. The van der Waals surface area contributed by atoms with E-state index in [4.69, 9.17) is 15.0 Å². The Labute approximate surface area is 208 Å². The molecule has 0 aliphatic carbocycles. The molecule has 1 heterocycles. The Morgan fingerprint density at radius 1 is 0.333 bits per heavy atom. The largest absolute Gasteiger partial charge is 0.208 e. The molecule has 36 heavy (non-hydrogen) atoms. The number of aromatic nitrogens is 3. The van der Waals surface area contributed by atoms with Crippen molar-refractivity contribution in [3.05, 3.63) is 127 Å². The van der Waals surface area contributed by atoms with Crippen molar-refractivity contribution in [2.45, 2.75) is 0 Å². The first-order valence-electron chi connectivity index (χ1n) is 12.0. The molecule has 0 spiro atoms. The molecule has 0 saturated carbocycles. The van der Waals surface area contributed by atoms with E-state index in [0.717, 1.165) is 32.8 Å². The maximum atomic E-state index is 5.08. The van der Waals surface area contributed by atoms with Gasteiger partial charge in [-0.1, -0.05) is 115 Å². The Hall–Kier alpha value is -4.89. The van der Waals surface area contributed by atoms with Crippen molar-refractivity contribution in [1.82, 2.24) is 15.0 Å². The summed E-state index contributed by atoms with van der Waals surface area (Å²) in [5.41, 5.74) is 2.97. The van der Waals surface area contributed by atoms with Crippen LogP contribution in [0.15, 0.2) is 127 Å². The number of hydrogen-bond donors (Lipinski definition) is 0. The highest BCUT2D eigenvalue weighted by Gasteiger charge is 2.17. The molecule has 0 saturated heterocycles. The number of fused-ring (bicyclic) bond motifs is 3. The molecule has 6 aromatic carbocycles. The Morgan fingerprint density at radius 3 is 1.56 bits per heavy atom. The smallest absolute Gasteiger partial charge is 0.165 e. The van der Waals surface area contributed by atoms with Crippen LogP contribution < -0.4 is 0 Å². The van der Waals surface area contributed by atoms with Crippen LogP contribution in [0.25, 0.3) is 66.5 Å². The minimum absolute atomic E-state index is 0.667. The molecule has 0 atom stereocenters. The number of hydrogen-bond acceptors (Lipinski definition) is 3. The van der Waals surface area contributed by atoms with Crippen LogP contribution in [0.1, 0.15) is 0 Å². The van der Waals surface area contributed by atoms with Gasteiger partial charge in [-0.3, -0.25) is 0 Å². The lowest BCUT2D eigenvalue weighted by molar-refractivity contribution is 1.08. The highest BCUT2D eigenvalue weighted by atomic mass is 15.0. The molecule has 0 aliphatic heterocycles. The van der Waals surface area contributed by atoms with Gasteiger partial charge in [0, 0.05) is 16.7 Å². The maximum Gasteiger partial charge on any atom is 0.165 e. The van der Waals surface area contributed by atoms with E-state index in [1.165, 1.54) is 16.2 Å². The summed E-state index contributed by atoms with van der Waals surface area (Å²) in [7, 11) is 0. The van der Waals surface area contributed by atoms with Gasteiger partial charge >= 0.3 is 0 Å². The highest BCUT2D eigenvalue weighted by Crippen LogP contribution is 2.36. The summed E-state index contributed by atoms with van der Waals surface area (Å²) >= 11 is 0. The zero-order valence-corrected chi connectivity index (χ0v) is 19.5. The van der Waals surface area contributed by atoms with Gasteiger partial charge < -0.3 is 0 Å². The first-order valence-corrected chi connectivity index (χ1v) is 12.0. The highest BCUT2D eigenvalue weighted by molar-refractivity contribution is 6.11. The summed E-state index contributed by atoms with van der Waals surface area (Å²) in [5.74, 6) is 2.02. The van der Waals surface area contributed by atoms with E-state index in [-0.39, 0.29) is 0 Å². The Kier molecular flexibility index (Phi) is 4.78. The molecule has 1 aromatic heterocycles. The van der Waals surface area contributed by atoms with Crippen LogP contribution in [0.5, 0.6) is 0 Å². The monoisotopic (exact) mass is 459 g/mol. The van der Waals surface area contributed by atoms with Gasteiger partial charge in [-0.25, -0.2) is 15.0 Å². The standard InChI is InChI=1S/C33H21N3/c1-2-11-23(12-3-1)31-34-32(27-19-18-22-10-4-5-13-24(22)20-27)36-33(35-31)30-28-16-8-6-14-25(28)21-26-15-7-9-17-29(26)30/h1-21H.